The molecule has 15 heteroatoms. The first kappa shape index (κ1) is 37.1. The summed E-state index contributed by atoms with van der Waals surface area (Å²) in [5.41, 5.74) is 5.91. The summed E-state index contributed by atoms with van der Waals surface area (Å²) in [5.74, 6) is -1.99. The van der Waals surface area contributed by atoms with Crippen molar-refractivity contribution in [1.82, 2.24) is 15.6 Å². The maximum atomic E-state index is 14.9. The summed E-state index contributed by atoms with van der Waals surface area (Å²) in [6.45, 7) is 0.735. The SMILES string of the molecule is NC(=O)O.O=C(CC(c1ccc(F)cc1)c1ccc(F)cc1)Nc1cncc(F)c1CC[C@@H]1CN[C@H](COC(=O)NC(CO)C2CC2)CO1. The van der Waals surface area contributed by atoms with Gasteiger partial charge in [-0.05, 0) is 67.0 Å². The second-order valence-electron chi connectivity index (χ2n) is 11.9. The van der Waals surface area contributed by atoms with Crippen molar-refractivity contribution in [1.29, 1.82) is 0 Å². The minimum atomic E-state index is -1.33. The molecule has 2 aliphatic rings. The first-order chi connectivity index (χ1) is 23.5. The van der Waals surface area contributed by atoms with Crippen LogP contribution in [0.3, 0.4) is 0 Å². The molecular formula is C34H40F3N5O7. The maximum Gasteiger partial charge on any atom is 0.407 e. The van der Waals surface area contributed by atoms with Gasteiger partial charge in [-0.25, -0.2) is 22.8 Å². The highest BCUT2D eigenvalue weighted by atomic mass is 19.1. The molecule has 0 radical (unpaired) electrons. The van der Waals surface area contributed by atoms with E-state index in [1.165, 1.54) is 30.5 Å². The average Bonchev–Trinajstić information content (AvgIpc) is 3.92. The Morgan fingerprint density at radius 2 is 1.63 bits per heavy atom. The van der Waals surface area contributed by atoms with Gasteiger partial charge < -0.3 is 41.4 Å². The number of anilines is 1. The number of carboxylic acid groups (broad SMARTS) is 1. The van der Waals surface area contributed by atoms with E-state index in [0.29, 0.717) is 42.2 Å². The number of hydrogen-bond donors (Lipinski definition) is 6. The van der Waals surface area contributed by atoms with Crippen molar-refractivity contribution in [2.45, 2.75) is 56.2 Å². The second-order valence-corrected chi connectivity index (χ2v) is 11.9. The van der Waals surface area contributed by atoms with E-state index in [0.717, 1.165) is 19.0 Å². The van der Waals surface area contributed by atoms with E-state index in [1.54, 1.807) is 24.3 Å². The van der Waals surface area contributed by atoms with Crippen LogP contribution in [0.25, 0.3) is 0 Å². The third-order valence-electron chi connectivity index (χ3n) is 8.20. The number of primary amides is 1. The molecule has 12 nitrogen and oxygen atoms in total. The van der Waals surface area contributed by atoms with Crippen molar-refractivity contribution in [3.05, 3.63) is 95.1 Å². The zero-order valence-electron chi connectivity index (χ0n) is 26.6. The van der Waals surface area contributed by atoms with E-state index >= 15 is 0 Å². The van der Waals surface area contributed by atoms with Crippen LogP contribution in [-0.2, 0) is 20.7 Å². The van der Waals surface area contributed by atoms with Crippen molar-refractivity contribution in [3.63, 3.8) is 0 Å². The van der Waals surface area contributed by atoms with E-state index in [1.807, 2.05) is 0 Å². The molecule has 2 heterocycles. The minimum absolute atomic E-state index is 0.0500. The third kappa shape index (κ3) is 12.0. The number of aliphatic hydroxyl groups excluding tert-OH is 1. The van der Waals surface area contributed by atoms with Gasteiger partial charge in [-0.15, -0.1) is 0 Å². The normalized spacial score (nSPS) is 17.7. The van der Waals surface area contributed by atoms with Crippen LogP contribution in [0.1, 0.15) is 48.3 Å². The molecule has 0 spiro atoms. The molecular weight excluding hydrogens is 647 g/mol. The number of nitrogens with one attached hydrogen (secondary N) is 3. The van der Waals surface area contributed by atoms with Crippen LogP contribution in [0, 0.1) is 23.4 Å². The molecule has 3 amide bonds. The Hall–Kier alpha value is -4.73. The van der Waals surface area contributed by atoms with Gasteiger partial charge in [0.2, 0.25) is 5.91 Å². The zero-order chi connectivity index (χ0) is 35.3. The number of amides is 3. The van der Waals surface area contributed by atoms with Crippen LogP contribution in [0.4, 0.5) is 28.4 Å². The average molecular weight is 688 g/mol. The summed E-state index contributed by atoms with van der Waals surface area (Å²) in [6, 6.07) is 11.0. The Balaban J connectivity index is 0.00000128. The van der Waals surface area contributed by atoms with E-state index in [-0.39, 0.29) is 49.9 Å². The van der Waals surface area contributed by atoms with Gasteiger partial charge in [0.15, 0.2) is 0 Å². The van der Waals surface area contributed by atoms with Crippen LogP contribution in [0.15, 0.2) is 60.9 Å². The Bertz CT molecular complexity index is 1490. The molecule has 5 rings (SSSR count). The summed E-state index contributed by atoms with van der Waals surface area (Å²) in [7, 11) is 0. The largest absolute Gasteiger partial charge is 0.465 e. The number of carbonyl (C=O) groups is 3. The summed E-state index contributed by atoms with van der Waals surface area (Å²) in [6.07, 6.45) is 2.98. The topological polar surface area (TPSA) is 185 Å². The molecule has 1 saturated carbocycles. The van der Waals surface area contributed by atoms with Crippen LogP contribution in [-0.4, -0.2) is 77.8 Å². The molecule has 0 bridgehead atoms. The predicted molar refractivity (Wildman–Crippen MR) is 172 cm³/mol. The highest BCUT2D eigenvalue weighted by molar-refractivity contribution is 5.92. The Morgan fingerprint density at radius 3 is 2.16 bits per heavy atom. The highest BCUT2D eigenvalue weighted by Crippen LogP contribution is 2.32. The lowest BCUT2D eigenvalue weighted by Gasteiger charge is -2.30. The third-order valence-corrected chi connectivity index (χ3v) is 8.20. The molecule has 3 aromatic rings. The number of nitrogens with two attached hydrogens (primary N) is 1. The Morgan fingerprint density at radius 1 is 1.02 bits per heavy atom. The lowest BCUT2D eigenvalue weighted by atomic mass is 9.88. The number of aliphatic hydroxyl groups is 1. The van der Waals surface area contributed by atoms with Gasteiger partial charge in [-0.1, -0.05) is 24.3 Å². The van der Waals surface area contributed by atoms with Crippen molar-refractivity contribution >= 4 is 23.8 Å². The number of pyridine rings is 1. The van der Waals surface area contributed by atoms with Crippen molar-refractivity contribution in [2.75, 3.05) is 31.7 Å². The van der Waals surface area contributed by atoms with Crippen LogP contribution < -0.4 is 21.7 Å². The molecule has 49 heavy (non-hydrogen) atoms. The number of halogens is 3. The van der Waals surface area contributed by atoms with Gasteiger partial charge in [0, 0.05) is 24.4 Å². The smallest absolute Gasteiger partial charge is 0.407 e. The summed E-state index contributed by atoms with van der Waals surface area (Å²) >= 11 is 0. The van der Waals surface area contributed by atoms with Crippen LogP contribution >= 0.6 is 0 Å². The molecule has 1 aliphatic carbocycles. The molecule has 1 aliphatic heterocycles. The number of ether oxygens (including phenoxy) is 2. The Kier molecular flexibility index (Phi) is 13.7. The fourth-order valence-corrected chi connectivity index (χ4v) is 5.47. The number of hydrogen-bond acceptors (Lipinski definition) is 8. The zero-order valence-corrected chi connectivity index (χ0v) is 26.6. The number of alkyl carbamates (subject to hydrolysis) is 1. The van der Waals surface area contributed by atoms with E-state index in [4.69, 9.17) is 19.4 Å². The first-order valence-corrected chi connectivity index (χ1v) is 15.8. The molecule has 2 fully saturated rings. The number of nitrogens with zero attached hydrogens (tertiary/aromatic N) is 1. The number of benzene rings is 2. The van der Waals surface area contributed by atoms with Crippen molar-refractivity contribution in [3.8, 4) is 0 Å². The van der Waals surface area contributed by atoms with Crippen molar-refractivity contribution < 1.29 is 47.2 Å². The lowest BCUT2D eigenvalue weighted by Crippen LogP contribution is -2.50. The fourth-order valence-electron chi connectivity index (χ4n) is 5.47. The molecule has 2 aromatic carbocycles. The van der Waals surface area contributed by atoms with Gasteiger partial charge in [0.1, 0.15) is 24.1 Å². The molecule has 1 unspecified atom stereocenters. The summed E-state index contributed by atoms with van der Waals surface area (Å²) < 4.78 is 53.3. The van der Waals surface area contributed by atoms with Crippen LogP contribution in [0.2, 0.25) is 0 Å². The van der Waals surface area contributed by atoms with Gasteiger partial charge in [0.05, 0.1) is 49.5 Å². The van der Waals surface area contributed by atoms with E-state index < -0.39 is 41.5 Å². The molecule has 264 valence electrons. The lowest BCUT2D eigenvalue weighted by molar-refractivity contribution is -0.116. The highest BCUT2D eigenvalue weighted by Gasteiger charge is 2.32. The minimum Gasteiger partial charge on any atom is -0.465 e. The summed E-state index contributed by atoms with van der Waals surface area (Å²) in [4.78, 5) is 38.0. The number of carbonyl (C=O) groups excluding carboxylic acids is 2. The molecule has 1 aromatic heterocycles. The fraction of sp³-hybridized carbons (Fsp3) is 0.412. The van der Waals surface area contributed by atoms with E-state index in [2.05, 4.69) is 26.7 Å². The number of aromatic nitrogens is 1. The molecule has 1 saturated heterocycles. The predicted octanol–water partition coefficient (Wildman–Crippen LogP) is 4.07. The second kappa shape index (κ2) is 18.1. The number of rotatable bonds is 13. The molecule has 7 N–H and O–H groups in total. The number of morpholine rings is 1. The van der Waals surface area contributed by atoms with Gasteiger partial charge in [-0.3, -0.25) is 9.78 Å². The first-order valence-electron chi connectivity index (χ1n) is 15.8. The summed E-state index contributed by atoms with van der Waals surface area (Å²) in [5, 5.41) is 25.4. The van der Waals surface area contributed by atoms with E-state index in [9.17, 15) is 27.9 Å². The quantitative estimate of drug-likeness (QED) is 0.154. The molecule has 3 atom stereocenters. The maximum absolute atomic E-state index is 14.9. The van der Waals surface area contributed by atoms with Gasteiger partial charge in [-0.2, -0.15) is 0 Å². The van der Waals surface area contributed by atoms with Gasteiger partial charge in [0.25, 0.3) is 0 Å². The van der Waals surface area contributed by atoms with Crippen LogP contribution in [0.5, 0.6) is 0 Å². The standard InChI is InChI=1S/C33H37F3N4O5.CH3NO2/c34-23-7-3-20(4-8-23)28(21-5-9-24(35)10-6-21)13-32(42)39-30-16-37-15-29(36)27(30)12-11-26-14-38-25(18-44-26)19-45-33(43)40-31(17-41)22-1-2-22;2-1(3)4/h3-10,15-16,22,25-26,28,31,38,41H,1-2,11-14,17-19H2,(H,39,42)(H,40,43);2H2,(H,3,4)/t25-,26+,31?;/m0./s1. The van der Waals surface area contributed by atoms with Gasteiger partial charge >= 0.3 is 12.2 Å². The van der Waals surface area contributed by atoms with Crippen molar-refractivity contribution in [2.24, 2.45) is 11.7 Å². The Labute approximate surface area is 281 Å². The monoisotopic (exact) mass is 687 g/mol.